The molecule has 1 amide bonds. The fourth-order valence-corrected chi connectivity index (χ4v) is 1.30. The zero-order valence-electron chi connectivity index (χ0n) is 8.37. The predicted molar refractivity (Wildman–Crippen MR) is 53.8 cm³/mol. The summed E-state index contributed by atoms with van der Waals surface area (Å²) in [7, 11) is 0. The molecule has 0 aliphatic rings. The molecule has 0 aliphatic heterocycles. The Kier molecular flexibility index (Phi) is 2.94. The molecule has 5 nitrogen and oxygen atoms in total. The number of aliphatic carboxylic acids is 1. The average Bonchev–Trinajstić information content (AvgIpc) is 2.10. The van der Waals surface area contributed by atoms with E-state index in [0.717, 1.165) is 0 Å². The minimum atomic E-state index is -1.54. The topological polar surface area (TPSA) is 86.6 Å². The van der Waals surface area contributed by atoms with Gasteiger partial charge < -0.3 is 15.5 Å². The molecule has 80 valence electrons. The number of carbonyl (C=O) groups excluding carboxylic acids is 1. The van der Waals surface area contributed by atoms with Crippen LogP contribution in [0, 0.1) is 13.8 Å². The first-order valence-corrected chi connectivity index (χ1v) is 4.26. The van der Waals surface area contributed by atoms with Gasteiger partial charge >= 0.3 is 11.9 Å². The number of amides is 1. The van der Waals surface area contributed by atoms with E-state index in [1.807, 2.05) is 0 Å². The first-order valence-electron chi connectivity index (χ1n) is 4.26. The van der Waals surface area contributed by atoms with E-state index in [0.29, 0.717) is 16.8 Å². The molecule has 3 N–H and O–H groups in total. The van der Waals surface area contributed by atoms with Crippen LogP contribution in [0.25, 0.3) is 0 Å². The summed E-state index contributed by atoms with van der Waals surface area (Å²) in [6.45, 7) is 3.34. The average molecular weight is 209 g/mol. The smallest absolute Gasteiger partial charge is 0.394 e. The number of hydrogen-bond donors (Lipinski definition) is 3. The van der Waals surface area contributed by atoms with Gasteiger partial charge in [0.25, 0.3) is 0 Å². The Balaban J connectivity index is 3.05. The second-order valence-electron chi connectivity index (χ2n) is 3.21. The maximum absolute atomic E-state index is 10.9. The number of anilines is 1. The van der Waals surface area contributed by atoms with Crippen molar-refractivity contribution in [2.75, 3.05) is 5.32 Å². The van der Waals surface area contributed by atoms with Gasteiger partial charge in [-0.1, -0.05) is 0 Å². The van der Waals surface area contributed by atoms with Crippen molar-refractivity contribution in [2.45, 2.75) is 13.8 Å². The highest BCUT2D eigenvalue weighted by Crippen LogP contribution is 2.25. The van der Waals surface area contributed by atoms with Gasteiger partial charge in [-0.2, -0.15) is 0 Å². The van der Waals surface area contributed by atoms with Gasteiger partial charge in [0.2, 0.25) is 0 Å². The van der Waals surface area contributed by atoms with E-state index < -0.39 is 11.9 Å². The molecule has 0 saturated heterocycles. The molecule has 0 spiro atoms. The third-order valence-electron chi connectivity index (χ3n) is 1.95. The fourth-order valence-electron chi connectivity index (χ4n) is 1.30. The highest BCUT2D eigenvalue weighted by molar-refractivity contribution is 6.36. The molecule has 0 heterocycles. The summed E-state index contributed by atoms with van der Waals surface area (Å²) < 4.78 is 0. The van der Waals surface area contributed by atoms with Crippen LogP contribution in [0.2, 0.25) is 0 Å². The Bertz CT molecular complexity index is 402. The molecule has 0 aromatic heterocycles. The van der Waals surface area contributed by atoms with E-state index in [1.54, 1.807) is 13.8 Å². The van der Waals surface area contributed by atoms with Gasteiger partial charge in [-0.15, -0.1) is 0 Å². The number of carboxylic acid groups (broad SMARTS) is 1. The van der Waals surface area contributed by atoms with Crippen LogP contribution in [0.3, 0.4) is 0 Å². The summed E-state index contributed by atoms with van der Waals surface area (Å²) in [5, 5.41) is 19.9. The van der Waals surface area contributed by atoms with Gasteiger partial charge in [0.1, 0.15) is 5.75 Å². The Morgan fingerprint density at radius 1 is 1.20 bits per heavy atom. The number of carbonyl (C=O) groups is 2. The van der Waals surface area contributed by atoms with Crippen LogP contribution in [0.15, 0.2) is 12.1 Å². The molecule has 1 aromatic carbocycles. The van der Waals surface area contributed by atoms with Crippen molar-refractivity contribution in [3.63, 3.8) is 0 Å². The van der Waals surface area contributed by atoms with Gasteiger partial charge in [0, 0.05) is 5.69 Å². The largest absolute Gasteiger partial charge is 0.508 e. The molecule has 1 rings (SSSR count). The molecule has 5 heteroatoms. The summed E-state index contributed by atoms with van der Waals surface area (Å²) in [5.41, 5.74) is 1.64. The standard InChI is InChI=1S/C10H11NO4/c1-5-3-7(12)4-6(2)8(5)11-9(13)10(14)15/h3-4,12H,1-2H3,(H,11,13)(H,14,15). The number of nitrogens with one attached hydrogen (secondary N) is 1. The SMILES string of the molecule is Cc1cc(O)cc(C)c1NC(=O)C(=O)O. The van der Waals surface area contributed by atoms with Crippen molar-refractivity contribution < 1.29 is 19.8 Å². The molecular weight excluding hydrogens is 198 g/mol. The maximum Gasteiger partial charge on any atom is 0.394 e. The first-order chi connectivity index (χ1) is 6.91. The minimum Gasteiger partial charge on any atom is -0.508 e. The number of phenolic OH excluding ortho intramolecular Hbond substituents is 1. The summed E-state index contributed by atoms with van der Waals surface area (Å²) in [6, 6.07) is 2.90. The number of aryl methyl sites for hydroxylation is 2. The lowest BCUT2D eigenvalue weighted by Gasteiger charge is -2.10. The molecule has 0 aliphatic carbocycles. The number of carboxylic acids is 1. The Labute approximate surface area is 86.4 Å². The van der Waals surface area contributed by atoms with Crippen molar-refractivity contribution in [1.82, 2.24) is 0 Å². The van der Waals surface area contributed by atoms with Crippen molar-refractivity contribution in [1.29, 1.82) is 0 Å². The number of phenols is 1. The fraction of sp³-hybridized carbons (Fsp3) is 0.200. The van der Waals surface area contributed by atoms with E-state index >= 15 is 0 Å². The Morgan fingerprint density at radius 3 is 2.07 bits per heavy atom. The number of rotatable bonds is 1. The zero-order chi connectivity index (χ0) is 11.6. The highest BCUT2D eigenvalue weighted by atomic mass is 16.4. The molecule has 0 atom stereocenters. The number of benzene rings is 1. The van der Waals surface area contributed by atoms with E-state index in [4.69, 9.17) is 5.11 Å². The summed E-state index contributed by atoms with van der Waals surface area (Å²) >= 11 is 0. The Hall–Kier alpha value is -2.04. The van der Waals surface area contributed by atoms with Crippen LogP contribution in [0.5, 0.6) is 5.75 Å². The second kappa shape index (κ2) is 4.00. The molecule has 0 radical (unpaired) electrons. The summed E-state index contributed by atoms with van der Waals surface area (Å²) in [4.78, 5) is 21.3. The zero-order valence-corrected chi connectivity index (χ0v) is 8.37. The van der Waals surface area contributed by atoms with Crippen molar-refractivity contribution >= 4 is 17.6 Å². The molecular formula is C10H11NO4. The van der Waals surface area contributed by atoms with Crippen molar-refractivity contribution in [3.05, 3.63) is 23.3 Å². The van der Waals surface area contributed by atoms with Gasteiger partial charge in [0.05, 0.1) is 0 Å². The van der Waals surface area contributed by atoms with Crippen LogP contribution in [-0.4, -0.2) is 22.1 Å². The second-order valence-corrected chi connectivity index (χ2v) is 3.21. The molecule has 0 saturated carbocycles. The third kappa shape index (κ3) is 2.46. The first kappa shape index (κ1) is 11.0. The normalized spacial score (nSPS) is 9.73. The number of hydrogen-bond acceptors (Lipinski definition) is 3. The van der Waals surface area contributed by atoms with Gasteiger partial charge in [0.15, 0.2) is 0 Å². The van der Waals surface area contributed by atoms with Crippen molar-refractivity contribution in [2.24, 2.45) is 0 Å². The predicted octanol–water partition coefficient (Wildman–Crippen LogP) is 1.03. The van der Waals surface area contributed by atoms with Crippen molar-refractivity contribution in [3.8, 4) is 5.75 Å². The lowest BCUT2D eigenvalue weighted by molar-refractivity contribution is -0.147. The molecule has 0 fully saturated rings. The molecule has 1 aromatic rings. The van der Waals surface area contributed by atoms with Crippen LogP contribution in [0.4, 0.5) is 5.69 Å². The van der Waals surface area contributed by atoms with Crippen LogP contribution in [0.1, 0.15) is 11.1 Å². The molecule has 0 unspecified atom stereocenters. The monoisotopic (exact) mass is 209 g/mol. The van der Waals surface area contributed by atoms with E-state index in [1.165, 1.54) is 12.1 Å². The van der Waals surface area contributed by atoms with Crippen LogP contribution >= 0.6 is 0 Å². The molecule has 15 heavy (non-hydrogen) atoms. The summed E-state index contributed by atoms with van der Waals surface area (Å²) in [6.07, 6.45) is 0. The lowest BCUT2D eigenvalue weighted by atomic mass is 10.1. The molecule has 0 bridgehead atoms. The van der Waals surface area contributed by atoms with E-state index in [-0.39, 0.29) is 5.75 Å². The van der Waals surface area contributed by atoms with E-state index in [9.17, 15) is 14.7 Å². The van der Waals surface area contributed by atoms with Gasteiger partial charge in [-0.3, -0.25) is 4.79 Å². The van der Waals surface area contributed by atoms with Crippen LogP contribution < -0.4 is 5.32 Å². The van der Waals surface area contributed by atoms with Crippen LogP contribution in [-0.2, 0) is 9.59 Å². The third-order valence-corrected chi connectivity index (χ3v) is 1.95. The number of aromatic hydroxyl groups is 1. The summed E-state index contributed by atoms with van der Waals surface area (Å²) in [5.74, 6) is -2.55. The van der Waals surface area contributed by atoms with Gasteiger partial charge in [-0.25, -0.2) is 4.79 Å². The lowest BCUT2D eigenvalue weighted by Crippen LogP contribution is -2.22. The van der Waals surface area contributed by atoms with Gasteiger partial charge in [-0.05, 0) is 37.1 Å². The minimum absolute atomic E-state index is 0.0818. The maximum atomic E-state index is 10.9. The Morgan fingerprint density at radius 2 is 1.67 bits per heavy atom. The highest BCUT2D eigenvalue weighted by Gasteiger charge is 2.14. The van der Waals surface area contributed by atoms with E-state index in [2.05, 4.69) is 5.32 Å². The quantitative estimate of drug-likeness (QED) is 0.476.